The lowest BCUT2D eigenvalue weighted by molar-refractivity contribution is 0.416. The average molecular weight is 210 g/mol. The third-order valence-electron chi connectivity index (χ3n) is 3.59. The van der Waals surface area contributed by atoms with Crippen LogP contribution in [0, 0.1) is 13.8 Å². The largest absolute Gasteiger partial charge is 0.496 e. The van der Waals surface area contributed by atoms with E-state index in [9.17, 15) is 0 Å². The van der Waals surface area contributed by atoms with Crippen LogP contribution in [-0.2, 0) is 0 Å². The Morgan fingerprint density at radius 2 is 1.50 bits per heavy atom. The van der Waals surface area contributed by atoms with Gasteiger partial charge in [0, 0.05) is 5.56 Å². The lowest BCUT2D eigenvalue weighted by Crippen LogP contribution is -1.88. The third-order valence-corrected chi connectivity index (χ3v) is 3.59. The first-order chi connectivity index (χ1) is 7.72. The van der Waals surface area contributed by atoms with Crippen molar-refractivity contribution >= 4 is 0 Å². The van der Waals surface area contributed by atoms with E-state index >= 15 is 0 Å². The highest BCUT2D eigenvalue weighted by Gasteiger charge is 2.18. The molecule has 1 heteroatoms. The lowest BCUT2D eigenvalue weighted by atomic mass is 9.97. The molecule has 0 aromatic heterocycles. The summed E-state index contributed by atoms with van der Waals surface area (Å²) in [4.78, 5) is 0. The lowest BCUT2D eigenvalue weighted by Gasteiger charge is -2.09. The molecule has 2 aliphatic rings. The van der Waals surface area contributed by atoms with Gasteiger partial charge in [-0.25, -0.2) is 0 Å². The Bertz CT molecular complexity index is 582. The van der Waals surface area contributed by atoms with Crippen LogP contribution in [0.4, 0.5) is 0 Å². The Balaban J connectivity index is 2.46. The fourth-order valence-corrected chi connectivity index (χ4v) is 2.51. The van der Waals surface area contributed by atoms with Gasteiger partial charge in [-0.1, -0.05) is 18.2 Å². The van der Waals surface area contributed by atoms with E-state index in [2.05, 4.69) is 44.2 Å². The van der Waals surface area contributed by atoms with E-state index in [0.29, 0.717) is 0 Å². The molecule has 0 fully saturated rings. The molecule has 0 aliphatic heterocycles. The van der Waals surface area contributed by atoms with Gasteiger partial charge in [-0.15, -0.1) is 0 Å². The maximum atomic E-state index is 5.43. The van der Waals surface area contributed by atoms with Crippen molar-refractivity contribution in [2.45, 2.75) is 13.8 Å². The molecule has 0 N–H and O–H groups in total. The molecule has 0 radical (unpaired) electrons. The van der Waals surface area contributed by atoms with Crippen LogP contribution in [-0.4, -0.2) is 7.11 Å². The van der Waals surface area contributed by atoms with E-state index in [4.69, 9.17) is 4.74 Å². The van der Waals surface area contributed by atoms with E-state index < -0.39 is 0 Å². The Morgan fingerprint density at radius 3 is 2.25 bits per heavy atom. The normalized spacial score (nSPS) is 11.4. The minimum atomic E-state index is 0.957. The summed E-state index contributed by atoms with van der Waals surface area (Å²) >= 11 is 0. The van der Waals surface area contributed by atoms with Gasteiger partial charge < -0.3 is 4.74 Å². The van der Waals surface area contributed by atoms with E-state index in [1.54, 1.807) is 7.11 Å². The number of hydrogen-bond donors (Lipinski definition) is 0. The van der Waals surface area contributed by atoms with E-state index in [-0.39, 0.29) is 0 Å². The Hall–Kier alpha value is -1.76. The number of fused-ring (bicyclic) bond motifs is 2. The summed E-state index contributed by atoms with van der Waals surface area (Å²) in [6.45, 7) is 4.38. The first-order valence-electron chi connectivity index (χ1n) is 5.51. The molecule has 16 heavy (non-hydrogen) atoms. The maximum absolute atomic E-state index is 5.43. The van der Waals surface area contributed by atoms with Crippen molar-refractivity contribution in [3.8, 4) is 28.0 Å². The molecule has 80 valence electrons. The third kappa shape index (κ3) is 1.06. The molecular formula is C15H14O. The first kappa shape index (κ1) is 9.46. The number of rotatable bonds is 1. The zero-order valence-electron chi connectivity index (χ0n) is 9.79. The van der Waals surface area contributed by atoms with Crippen LogP contribution in [0.2, 0.25) is 0 Å². The van der Waals surface area contributed by atoms with Crippen molar-refractivity contribution in [1.29, 1.82) is 0 Å². The zero-order valence-corrected chi connectivity index (χ0v) is 9.79. The van der Waals surface area contributed by atoms with Crippen LogP contribution >= 0.6 is 0 Å². The fourth-order valence-electron chi connectivity index (χ4n) is 2.51. The molecule has 1 nitrogen and oxygen atoms in total. The van der Waals surface area contributed by atoms with Crippen molar-refractivity contribution in [2.75, 3.05) is 7.11 Å². The second-order valence-electron chi connectivity index (χ2n) is 4.33. The second kappa shape index (κ2) is 3.11. The minimum absolute atomic E-state index is 0.957. The zero-order chi connectivity index (χ0) is 11.3. The number of hydrogen-bond acceptors (Lipinski definition) is 1. The van der Waals surface area contributed by atoms with Crippen molar-refractivity contribution in [1.82, 2.24) is 0 Å². The van der Waals surface area contributed by atoms with Gasteiger partial charge in [-0.05, 0) is 53.8 Å². The topological polar surface area (TPSA) is 9.23 Å². The Morgan fingerprint density at radius 1 is 0.812 bits per heavy atom. The van der Waals surface area contributed by atoms with Gasteiger partial charge in [-0.2, -0.15) is 0 Å². The molecule has 2 aromatic carbocycles. The summed E-state index contributed by atoms with van der Waals surface area (Å²) in [5, 5.41) is 0. The quantitative estimate of drug-likeness (QED) is 0.590. The molecule has 0 saturated carbocycles. The molecule has 0 atom stereocenters. The van der Waals surface area contributed by atoms with Crippen LogP contribution in [0.15, 0.2) is 30.3 Å². The number of benzene rings is 2. The predicted molar refractivity (Wildman–Crippen MR) is 66.9 cm³/mol. The molecule has 4 bridgehead atoms. The van der Waals surface area contributed by atoms with Gasteiger partial charge in [0.15, 0.2) is 0 Å². The van der Waals surface area contributed by atoms with Crippen molar-refractivity contribution in [3.05, 3.63) is 41.5 Å². The summed E-state index contributed by atoms with van der Waals surface area (Å²) in [7, 11) is 1.73. The Labute approximate surface area is 95.7 Å². The second-order valence-corrected chi connectivity index (χ2v) is 4.33. The van der Waals surface area contributed by atoms with Crippen molar-refractivity contribution < 1.29 is 4.74 Å². The molecule has 0 heterocycles. The van der Waals surface area contributed by atoms with Crippen LogP contribution in [0.5, 0.6) is 5.75 Å². The summed E-state index contributed by atoms with van der Waals surface area (Å²) < 4.78 is 5.43. The summed E-state index contributed by atoms with van der Waals surface area (Å²) in [6.07, 6.45) is 0. The molecule has 0 unspecified atom stereocenters. The van der Waals surface area contributed by atoms with Gasteiger partial charge >= 0.3 is 0 Å². The standard InChI is InChI=1S/C15H14O/c1-9-10(2)13-6-5-12(9)11-4-7-15(16-3)14(13)8-11/h4-8H,1-3H3. The highest BCUT2D eigenvalue weighted by molar-refractivity contribution is 5.86. The van der Waals surface area contributed by atoms with Crippen LogP contribution < -0.4 is 4.74 Å². The smallest absolute Gasteiger partial charge is 0.126 e. The molecule has 0 spiro atoms. The van der Waals surface area contributed by atoms with Gasteiger partial charge in [0.1, 0.15) is 5.75 Å². The molecule has 2 aliphatic carbocycles. The van der Waals surface area contributed by atoms with E-state index in [0.717, 1.165) is 5.75 Å². The van der Waals surface area contributed by atoms with Gasteiger partial charge in [0.05, 0.1) is 7.11 Å². The minimum Gasteiger partial charge on any atom is -0.496 e. The first-order valence-corrected chi connectivity index (χ1v) is 5.51. The van der Waals surface area contributed by atoms with Crippen LogP contribution in [0.1, 0.15) is 11.1 Å². The molecule has 0 saturated heterocycles. The summed E-state index contributed by atoms with van der Waals surface area (Å²) in [5.74, 6) is 0.957. The molecule has 2 aromatic rings. The highest BCUT2D eigenvalue weighted by atomic mass is 16.5. The fraction of sp³-hybridized carbons (Fsp3) is 0.200. The number of ether oxygens (including phenoxy) is 1. The SMILES string of the molecule is COc1ccc2cc1-c1ccc-2c(C)c1C. The van der Waals surface area contributed by atoms with Gasteiger partial charge in [0.25, 0.3) is 0 Å². The summed E-state index contributed by atoms with van der Waals surface area (Å²) in [5.41, 5.74) is 7.86. The monoisotopic (exact) mass is 210 g/mol. The van der Waals surface area contributed by atoms with E-state index in [1.165, 1.54) is 33.4 Å². The van der Waals surface area contributed by atoms with Crippen LogP contribution in [0.25, 0.3) is 22.3 Å². The average Bonchev–Trinajstić information content (AvgIpc) is 2.49. The number of methoxy groups -OCH3 is 1. The van der Waals surface area contributed by atoms with Crippen molar-refractivity contribution in [3.63, 3.8) is 0 Å². The van der Waals surface area contributed by atoms with Crippen LogP contribution in [0.3, 0.4) is 0 Å². The summed E-state index contributed by atoms with van der Waals surface area (Å²) in [6, 6.07) is 10.8. The highest BCUT2D eigenvalue weighted by Crippen LogP contribution is 2.42. The molecular weight excluding hydrogens is 196 g/mol. The van der Waals surface area contributed by atoms with Gasteiger partial charge in [-0.3, -0.25) is 0 Å². The predicted octanol–water partition coefficient (Wildman–Crippen LogP) is 3.96. The molecule has 4 rings (SSSR count). The Kier molecular flexibility index (Phi) is 1.84. The molecule has 0 amide bonds. The van der Waals surface area contributed by atoms with Gasteiger partial charge in [0.2, 0.25) is 0 Å². The van der Waals surface area contributed by atoms with Crippen molar-refractivity contribution in [2.24, 2.45) is 0 Å². The maximum Gasteiger partial charge on any atom is 0.126 e. The van der Waals surface area contributed by atoms with E-state index in [1.807, 2.05) is 0 Å².